The van der Waals surface area contributed by atoms with Crippen LogP contribution in [0.1, 0.15) is 151 Å². The molecular weight excluding hydrogens is 552 g/mol. The number of pyridine rings is 1. The smallest absolute Gasteiger partial charge is 0.105 e. The number of aromatic nitrogens is 6. The van der Waals surface area contributed by atoms with Crippen LogP contribution in [0.15, 0.2) is 55.4 Å². The normalized spacial score (nSPS) is 11.8. The minimum Gasteiger partial charge on any atom is -0.348 e. The van der Waals surface area contributed by atoms with Crippen molar-refractivity contribution in [2.75, 3.05) is 0 Å². The number of H-pyrrole nitrogens is 1. The predicted octanol–water partition coefficient (Wildman–Crippen LogP) is 10.7. The van der Waals surface area contributed by atoms with Crippen molar-refractivity contribution >= 4 is 0 Å². The zero-order valence-corrected chi connectivity index (χ0v) is 31.2. The van der Waals surface area contributed by atoms with Crippen LogP contribution >= 0.6 is 0 Å². The third-order valence-corrected chi connectivity index (χ3v) is 7.24. The molecule has 0 aliphatic heterocycles. The van der Waals surface area contributed by atoms with Crippen LogP contribution in [0.25, 0.3) is 0 Å². The van der Waals surface area contributed by atoms with Crippen molar-refractivity contribution in [3.63, 3.8) is 0 Å². The third-order valence-electron chi connectivity index (χ3n) is 7.24. The van der Waals surface area contributed by atoms with E-state index in [0.717, 1.165) is 17.9 Å². The lowest BCUT2D eigenvalue weighted by Gasteiger charge is -2.23. The third kappa shape index (κ3) is 14.2. The van der Waals surface area contributed by atoms with E-state index < -0.39 is 0 Å². The van der Waals surface area contributed by atoms with Crippen LogP contribution in [0, 0.1) is 6.92 Å². The monoisotopic (exact) mass is 621 g/mol. The first kappa shape index (κ1) is 41.9. The number of aryl methyl sites for hydroxylation is 3. The van der Waals surface area contributed by atoms with E-state index in [9.17, 15) is 0 Å². The van der Waals surface area contributed by atoms with Gasteiger partial charge in [-0.05, 0) is 49.9 Å². The first-order valence-corrected chi connectivity index (χ1v) is 16.1. The van der Waals surface area contributed by atoms with E-state index in [1.807, 2.05) is 38.9 Å². The lowest BCUT2D eigenvalue weighted by molar-refractivity contribution is 0.485. The molecule has 0 aromatic carbocycles. The summed E-state index contributed by atoms with van der Waals surface area (Å²) in [5, 5.41) is 0. The molecule has 0 bridgehead atoms. The zero-order chi connectivity index (χ0) is 34.1. The lowest BCUT2D eigenvalue weighted by Crippen LogP contribution is -2.18. The molecule has 4 rings (SSSR count). The molecule has 0 saturated carbocycles. The molecule has 6 heteroatoms. The Bertz CT molecular complexity index is 1350. The number of imidazole rings is 2. The highest BCUT2D eigenvalue weighted by atomic mass is 15.0. The Kier molecular flexibility index (Phi) is 15.8. The van der Waals surface area contributed by atoms with Gasteiger partial charge in [0.15, 0.2) is 0 Å². The van der Waals surface area contributed by atoms with Crippen molar-refractivity contribution in [3.8, 4) is 0 Å². The minimum absolute atomic E-state index is 0. The van der Waals surface area contributed by atoms with Crippen molar-refractivity contribution in [1.82, 2.24) is 29.1 Å². The maximum atomic E-state index is 4.25. The molecule has 0 saturated heterocycles. The van der Waals surface area contributed by atoms with Crippen LogP contribution in [-0.4, -0.2) is 29.1 Å². The fourth-order valence-electron chi connectivity index (χ4n) is 4.40. The van der Waals surface area contributed by atoms with Gasteiger partial charge in [0.25, 0.3) is 0 Å². The maximum Gasteiger partial charge on any atom is 0.105 e. The summed E-state index contributed by atoms with van der Waals surface area (Å²) in [5.74, 6) is 1.08. The molecule has 45 heavy (non-hydrogen) atoms. The molecule has 4 aromatic heterocycles. The Morgan fingerprint density at radius 2 is 1.31 bits per heavy atom. The topological polar surface area (TPSA) is 64.3 Å². The van der Waals surface area contributed by atoms with Gasteiger partial charge in [0.05, 0.1) is 6.33 Å². The second-order valence-electron chi connectivity index (χ2n) is 16.1. The van der Waals surface area contributed by atoms with E-state index in [1.165, 1.54) is 22.6 Å². The van der Waals surface area contributed by atoms with Gasteiger partial charge in [0.1, 0.15) is 5.82 Å². The van der Waals surface area contributed by atoms with Gasteiger partial charge in [0, 0.05) is 83.3 Å². The molecule has 0 fully saturated rings. The molecule has 0 amide bonds. The molecule has 0 aliphatic rings. The lowest BCUT2D eigenvalue weighted by atomic mass is 9.88. The highest BCUT2D eigenvalue weighted by Gasteiger charge is 2.19. The van der Waals surface area contributed by atoms with Gasteiger partial charge in [-0.1, -0.05) is 104 Å². The van der Waals surface area contributed by atoms with E-state index in [1.54, 1.807) is 0 Å². The van der Waals surface area contributed by atoms with Gasteiger partial charge in [-0.3, -0.25) is 4.98 Å². The zero-order valence-electron chi connectivity index (χ0n) is 31.2. The van der Waals surface area contributed by atoms with E-state index >= 15 is 0 Å². The second-order valence-corrected chi connectivity index (χ2v) is 16.1. The Morgan fingerprint density at radius 1 is 0.733 bits per heavy atom. The SMILES string of the molecule is C.CC(C)n1cccc1C(C)(C)C.CCc1ncc(C(C)(C)C)[nH]1.Cc1ccc(C(C)(C)C)cn1.Cn1cncc1C(C)(C)C. The maximum absolute atomic E-state index is 4.25. The summed E-state index contributed by atoms with van der Waals surface area (Å²) >= 11 is 0. The number of nitrogens with zero attached hydrogens (tertiary/aromatic N) is 5. The molecule has 254 valence electrons. The Hall–Kier alpha value is -3.15. The molecule has 1 N–H and O–H groups in total. The molecule has 4 aromatic rings. The number of rotatable bonds is 2. The molecule has 6 nitrogen and oxygen atoms in total. The van der Waals surface area contributed by atoms with Crippen molar-refractivity contribution < 1.29 is 0 Å². The first-order chi connectivity index (χ1) is 20.0. The van der Waals surface area contributed by atoms with Crippen LogP contribution in [-0.2, 0) is 35.1 Å². The Labute approximate surface area is 277 Å². The highest BCUT2D eigenvalue weighted by Crippen LogP contribution is 2.25. The minimum atomic E-state index is 0. The van der Waals surface area contributed by atoms with Crippen molar-refractivity contribution in [3.05, 3.63) is 89.5 Å². The Morgan fingerprint density at radius 3 is 1.60 bits per heavy atom. The predicted molar refractivity (Wildman–Crippen MR) is 196 cm³/mol. The van der Waals surface area contributed by atoms with Crippen LogP contribution in [0.4, 0.5) is 0 Å². The van der Waals surface area contributed by atoms with E-state index in [4.69, 9.17) is 0 Å². The second kappa shape index (κ2) is 17.0. The van der Waals surface area contributed by atoms with Crippen LogP contribution in [0.5, 0.6) is 0 Å². The summed E-state index contributed by atoms with van der Waals surface area (Å²) in [5.41, 5.74) is 7.17. The first-order valence-electron chi connectivity index (χ1n) is 16.1. The molecule has 4 heterocycles. The van der Waals surface area contributed by atoms with Crippen molar-refractivity contribution in [2.24, 2.45) is 7.05 Å². The average molecular weight is 621 g/mol. The fourth-order valence-corrected chi connectivity index (χ4v) is 4.40. The summed E-state index contributed by atoms with van der Waals surface area (Å²) in [6.07, 6.45) is 10.8. The van der Waals surface area contributed by atoms with Gasteiger partial charge in [-0.25, -0.2) is 9.97 Å². The summed E-state index contributed by atoms with van der Waals surface area (Å²) in [6, 6.07) is 9.10. The van der Waals surface area contributed by atoms with Gasteiger partial charge < -0.3 is 14.1 Å². The van der Waals surface area contributed by atoms with Crippen LogP contribution in [0.3, 0.4) is 0 Å². The molecule has 0 spiro atoms. The van der Waals surface area contributed by atoms with Gasteiger partial charge in [0.2, 0.25) is 0 Å². The van der Waals surface area contributed by atoms with Crippen molar-refractivity contribution in [2.45, 2.75) is 152 Å². The average Bonchev–Trinajstić information content (AvgIpc) is 3.64. The highest BCUT2D eigenvalue weighted by molar-refractivity contribution is 5.20. The molecule has 0 unspecified atom stereocenters. The standard InChI is InChI=1S/C11H19N.C10H15N.C9H16N2.C8H14N2.CH4/c1-9(2)12-8-6-7-10(12)11(3,4)5;1-8-5-6-9(7-11-8)10(2,3)4;1-5-8-10-6-7(11-8)9(2,3)4;1-8(2,3)7-5-9-6-10(7)4;/h6-9H,1-5H3;5-7H,1-4H3;6H,5H2,1-4H3,(H,10,11);5-6H,1-4H3;1H4. The number of hydrogen-bond donors (Lipinski definition) is 1. The largest absolute Gasteiger partial charge is 0.348 e. The molecule has 0 aliphatic carbocycles. The summed E-state index contributed by atoms with van der Waals surface area (Å²) in [7, 11) is 2.02. The van der Waals surface area contributed by atoms with Gasteiger partial charge >= 0.3 is 0 Å². The summed E-state index contributed by atoms with van der Waals surface area (Å²) in [6.45, 7) is 35.0. The summed E-state index contributed by atoms with van der Waals surface area (Å²) < 4.78 is 4.39. The van der Waals surface area contributed by atoms with Crippen molar-refractivity contribution in [1.29, 1.82) is 0 Å². The molecule has 0 atom stereocenters. The van der Waals surface area contributed by atoms with E-state index in [2.05, 4.69) is 163 Å². The number of aromatic amines is 1. The van der Waals surface area contributed by atoms with Gasteiger partial charge in [-0.2, -0.15) is 0 Å². The number of hydrogen-bond acceptors (Lipinski definition) is 3. The Balaban J connectivity index is 0.000000570. The van der Waals surface area contributed by atoms with Gasteiger partial charge in [-0.15, -0.1) is 0 Å². The van der Waals surface area contributed by atoms with E-state index in [-0.39, 0.29) is 29.1 Å². The van der Waals surface area contributed by atoms with Crippen LogP contribution in [0.2, 0.25) is 0 Å². The summed E-state index contributed by atoms with van der Waals surface area (Å²) in [4.78, 5) is 15.8. The fraction of sp³-hybridized carbons (Fsp3) is 0.615. The van der Waals surface area contributed by atoms with E-state index in [0.29, 0.717) is 6.04 Å². The van der Waals surface area contributed by atoms with Crippen LogP contribution < -0.4 is 0 Å². The molecular formula is C39H68N6. The number of nitrogens with one attached hydrogen (secondary N) is 1. The molecule has 0 radical (unpaired) electrons. The quantitative estimate of drug-likeness (QED) is 0.242.